The van der Waals surface area contributed by atoms with Crippen LogP contribution in [-0.2, 0) is 4.79 Å². The Balaban J connectivity index is 3.44. The smallest absolute Gasteiger partial charge is 0.249 e. The SMILES string of the molecule is CCCCCCCCCCCCCCCCCCCCCCCCCCCCCCCCCC(O)C(=O)NC(CO)C(O)CCCCCCCCCCCCCCCCC. The average Bonchev–Trinajstić information content (AvgIpc) is 3.25. The van der Waals surface area contributed by atoms with Crippen molar-refractivity contribution in [1.82, 2.24) is 5.32 Å². The highest BCUT2D eigenvalue weighted by atomic mass is 16.3. The van der Waals surface area contributed by atoms with Crippen molar-refractivity contribution < 1.29 is 20.1 Å². The number of nitrogens with one attached hydrogen (secondary N) is 1. The lowest BCUT2D eigenvalue weighted by molar-refractivity contribution is -0.131. The molecule has 0 aliphatic heterocycles. The molecule has 0 aromatic heterocycles. The lowest BCUT2D eigenvalue weighted by Gasteiger charge is -2.23. The van der Waals surface area contributed by atoms with Gasteiger partial charge in [0.1, 0.15) is 6.10 Å². The molecular formula is C55H111NO4. The van der Waals surface area contributed by atoms with E-state index < -0.39 is 24.2 Å². The molecule has 1 amide bonds. The van der Waals surface area contributed by atoms with Crippen LogP contribution in [0.4, 0.5) is 0 Å². The molecule has 3 unspecified atom stereocenters. The van der Waals surface area contributed by atoms with E-state index in [1.807, 2.05) is 0 Å². The standard InChI is InChI=1S/C55H111NO4/c1-3-5-7-9-11-13-15-17-19-20-21-22-23-24-25-26-27-28-29-30-31-32-33-34-36-38-40-42-44-46-48-50-54(59)55(60)56-52(51-57)53(58)49-47-45-43-41-39-37-35-18-16-14-12-10-8-6-4-2/h52-54,57-59H,3-51H2,1-2H3,(H,56,60). The number of aliphatic hydroxyl groups excluding tert-OH is 3. The quantitative estimate of drug-likeness (QED) is 0.0459. The molecule has 60 heavy (non-hydrogen) atoms. The summed E-state index contributed by atoms with van der Waals surface area (Å²) in [5.74, 6) is -0.463. The number of aliphatic hydroxyl groups is 3. The Labute approximate surface area is 377 Å². The summed E-state index contributed by atoms with van der Waals surface area (Å²) in [6, 6.07) is -0.706. The maximum atomic E-state index is 12.5. The van der Waals surface area contributed by atoms with Crippen molar-refractivity contribution in [2.45, 2.75) is 340 Å². The number of hydrogen-bond acceptors (Lipinski definition) is 4. The van der Waals surface area contributed by atoms with Crippen LogP contribution >= 0.6 is 0 Å². The topological polar surface area (TPSA) is 89.8 Å². The molecule has 0 rings (SSSR count). The highest BCUT2D eigenvalue weighted by Crippen LogP contribution is 2.18. The summed E-state index contributed by atoms with van der Waals surface area (Å²) in [5.41, 5.74) is 0. The maximum absolute atomic E-state index is 12.5. The summed E-state index contributed by atoms with van der Waals surface area (Å²) in [5, 5.41) is 33.5. The first-order chi connectivity index (χ1) is 29.6. The monoisotopic (exact) mass is 850 g/mol. The third-order valence-electron chi connectivity index (χ3n) is 13.5. The molecule has 0 radical (unpaired) electrons. The molecule has 0 saturated carbocycles. The largest absolute Gasteiger partial charge is 0.394 e. The second kappa shape index (κ2) is 51.0. The summed E-state index contributed by atoms with van der Waals surface area (Å²) in [4.78, 5) is 12.5. The van der Waals surface area contributed by atoms with E-state index in [0.717, 1.165) is 32.1 Å². The number of rotatable bonds is 52. The molecule has 0 bridgehead atoms. The lowest BCUT2D eigenvalue weighted by Crippen LogP contribution is -2.49. The minimum absolute atomic E-state index is 0.308. The van der Waals surface area contributed by atoms with Crippen molar-refractivity contribution >= 4 is 5.91 Å². The molecule has 0 aliphatic rings. The van der Waals surface area contributed by atoms with E-state index in [-0.39, 0.29) is 6.61 Å². The highest BCUT2D eigenvalue weighted by molar-refractivity contribution is 5.80. The zero-order chi connectivity index (χ0) is 43.7. The Morgan fingerprint density at radius 3 is 0.750 bits per heavy atom. The first-order valence-electron chi connectivity index (χ1n) is 27.8. The molecule has 3 atom stereocenters. The van der Waals surface area contributed by atoms with E-state index in [0.29, 0.717) is 12.8 Å². The van der Waals surface area contributed by atoms with Gasteiger partial charge in [0.05, 0.1) is 18.8 Å². The Kier molecular flexibility index (Phi) is 50.4. The molecule has 0 aromatic carbocycles. The minimum Gasteiger partial charge on any atom is -0.394 e. The van der Waals surface area contributed by atoms with Crippen LogP contribution in [0.3, 0.4) is 0 Å². The lowest BCUT2D eigenvalue weighted by atomic mass is 10.0. The molecule has 4 N–H and O–H groups in total. The van der Waals surface area contributed by atoms with Gasteiger partial charge in [-0.1, -0.05) is 309 Å². The predicted molar refractivity (Wildman–Crippen MR) is 264 cm³/mol. The van der Waals surface area contributed by atoms with Crippen LogP contribution in [0.2, 0.25) is 0 Å². The normalized spacial score (nSPS) is 13.2. The molecular weight excluding hydrogens is 739 g/mol. The van der Waals surface area contributed by atoms with Crippen molar-refractivity contribution in [2.75, 3.05) is 6.61 Å². The maximum Gasteiger partial charge on any atom is 0.249 e. The molecule has 0 spiro atoms. The zero-order valence-corrected chi connectivity index (χ0v) is 41.1. The van der Waals surface area contributed by atoms with Crippen LogP contribution < -0.4 is 5.32 Å². The van der Waals surface area contributed by atoms with Crippen LogP contribution in [0.15, 0.2) is 0 Å². The fourth-order valence-electron chi connectivity index (χ4n) is 9.14. The molecule has 0 fully saturated rings. The number of hydrogen-bond donors (Lipinski definition) is 4. The van der Waals surface area contributed by atoms with Crippen LogP contribution in [0.5, 0.6) is 0 Å². The van der Waals surface area contributed by atoms with Gasteiger partial charge in [-0.3, -0.25) is 4.79 Å². The fourth-order valence-corrected chi connectivity index (χ4v) is 9.14. The van der Waals surface area contributed by atoms with Crippen molar-refractivity contribution in [2.24, 2.45) is 0 Å². The molecule has 5 nitrogen and oxygen atoms in total. The van der Waals surface area contributed by atoms with Crippen LogP contribution in [-0.4, -0.2) is 46.1 Å². The first kappa shape index (κ1) is 59.4. The van der Waals surface area contributed by atoms with Crippen molar-refractivity contribution in [3.8, 4) is 0 Å². The molecule has 0 aliphatic carbocycles. The average molecular weight is 850 g/mol. The van der Waals surface area contributed by atoms with Gasteiger partial charge >= 0.3 is 0 Å². The van der Waals surface area contributed by atoms with Crippen LogP contribution in [0.25, 0.3) is 0 Å². The van der Waals surface area contributed by atoms with Gasteiger partial charge in [-0.25, -0.2) is 0 Å². The van der Waals surface area contributed by atoms with Gasteiger partial charge in [-0.2, -0.15) is 0 Å². The molecule has 5 heteroatoms. The number of unbranched alkanes of at least 4 members (excludes halogenated alkanes) is 44. The van der Waals surface area contributed by atoms with Gasteiger partial charge in [0.2, 0.25) is 5.91 Å². The summed E-state index contributed by atoms with van der Waals surface area (Å²) >= 11 is 0. The number of amides is 1. The predicted octanol–water partition coefficient (Wildman–Crippen LogP) is 16.9. The third kappa shape index (κ3) is 45.4. The van der Waals surface area contributed by atoms with Crippen LogP contribution in [0.1, 0.15) is 322 Å². The van der Waals surface area contributed by atoms with Crippen LogP contribution in [0, 0.1) is 0 Å². The highest BCUT2D eigenvalue weighted by Gasteiger charge is 2.23. The van der Waals surface area contributed by atoms with E-state index in [1.54, 1.807) is 0 Å². The first-order valence-corrected chi connectivity index (χ1v) is 27.8. The second-order valence-electron chi connectivity index (χ2n) is 19.5. The second-order valence-corrected chi connectivity index (χ2v) is 19.5. The summed E-state index contributed by atoms with van der Waals surface area (Å²) in [6.45, 7) is 4.27. The van der Waals surface area contributed by atoms with Crippen molar-refractivity contribution in [3.63, 3.8) is 0 Å². The minimum atomic E-state index is -1.07. The van der Waals surface area contributed by atoms with Crippen molar-refractivity contribution in [1.29, 1.82) is 0 Å². The van der Waals surface area contributed by atoms with E-state index >= 15 is 0 Å². The number of carbonyl (C=O) groups is 1. The Morgan fingerprint density at radius 2 is 0.533 bits per heavy atom. The van der Waals surface area contributed by atoms with Gasteiger partial charge in [-0.15, -0.1) is 0 Å². The zero-order valence-electron chi connectivity index (χ0n) is 41.1. The van der Waals surface area contributed by atoms with Gasteiger partial charge in [0.15, 0.2) is 0 Å². The van der Waals surface area contributed by atoms with Gasteiger partial charge in [0.25, 0.3) is 0 Å². The van der Waals surface area contributed by atoms with Gasteiger partial charge < -0.3 is 20.6 Å². The Hall–Kier alpha value is -0.650. The molecule has 0 saturated heterocycles. The summed E-state index contributed by atoms with van der Waals surface area (Å²) in [6.07, 6.45) is 61.6. The Morgan fingerprint density at radius 1 is 0.333 bits per heavy atom. The molecule has 360 valence electrons. The third-order valence-corrected chi connectivity index (χ3v) is 13.5. The van der Waals surface area contributed by atoms with E-state index in [9.17, 15) is 20.1 Å². The fraction of sp³-hybridized carbons (Fsp3) is 0.982. The van der Waals surface area contributed by atoms with Crippen molar-refractivity contribution in [3.05, 3.63) is 0 Å². The van der Waals surface area contributed by atoms with Gasteiger partial charge in [-0.05, 0) is 12.8 Å². The molecule has 0 heterocycles. The van der Waals surface area contributed by atoms with E-state index in [2.05, 4.69) is 19.2 Å². The Bertz CT molecular complexity index is 807. The van der Waals surface area contributed by atoms with E-state index in [1.165, 1.54) is 263 Å². The summed E-state index contributed by atoms with van der Waals surface area (Å²) in [7, 11) is 0. The van der Waals surface area contributed by atoms with E-state index in [4.69, 9.17) is 0 Å². The number of carbonyl (C=O) groups excluding carboxylic acids is 1. The molecule has 0 aromatic rings. The van der Waals surface area contributed by atoms with Gasteiger partial charge in [0, 0.05) is 0 Å². The summed E-state index contributed by atoms with van der Waals surface area (Å²) < 4.78 is 0.